The van der Waals surface area contributed by atoms with Crippen molar-refractivity contribution in [2.75, 3.05) is 42.6 Å². The average Bonchev–Trinajstić information content (AvgIpc) is 3.47. The maximum atomic E-state index is 13.3. The maximum absolute atomic E-state index is 13.3. The van der Waals surface area contributed by atoms with E-state index in [2.05, 4.69) is 15.5 Å². The monoisotopic (exact) mass is 467 g/mol. The number of anilines is 3. The Hall–Kier alpha value is -3.37. The number of aromatic nitrogens is 2. The minimum atomic E-state index is -0.377. The van der Waals surface area contributed by atoms with Gasteiger partial charge in [0.05, 0.1) is 13.1 Å². The number of para-hydroxylation sites is 1. The van der Waals surface area contributed by atoms with Crippen molar-refractivity contribution in [3.63, 3.8) is 0 Å². The van der Waals surface area contributed by atoms with Gasteiger partial charge >= 0.3 is 0 Å². The molecule has 0 spiro atoms. The Morgan fingerprint density at radius 2 is 2.09 bits per heavy atom. The van der Waals surface area contributed by atoms with E-state index in [4.69, 9.17) is 16.5 Å². The minimum absolute atomic E-state index is 0.0456. The molecule has 174 valence electrons. The molecule has 2 aromatic heterocycles. The van der Waals surface area contributed by atoms with Crippen molar-refractivity contribution in [1.29, 1.82) is 0 Å². The molecule has 1 saturated heterocycles. The Kier molecular flexibility index (Phi) is 6.95. The highest BCUT2D eigenvalue weighted by atomic mass is 32.1. The molecule has 1 aliphatic rings. The average molecular weight is 468 g/mol. The van der Waals surface area contributed by atoms with Gasteiger partial charge in [-0.25, -0.2) is 0 Å². The second-order valence-electron chi connectivity index (χ2n) is 8.11. The van der Waals surface area contributed by atoms with E-state index in [1.807, 2.05) is 34.2 Å². The van der Waals surface area contributed by atoms with E-state index >= 15 is 0 Å². The highest BCUT2D eigenvalue weighted by Gasteiger charge is 2.28. The number of carbonyl (C=O) groups is 2. The first-order valence-electron chi connectivity index (χ1n) is 10.9. The zero-order valence-electron chi connectivity index (χ0n) is 18.6. The Balaban J connectivity index is 1.68. The molecular formula is C23H29N7O2S. The van der Waals surface area contributed by atoms with Crippen molar-refractivity contribution in [2.24, 2.45) is 5.73 Å². The van der Waals surface area contributed by atoms with Crippen LogP contribution in [0.4, 0.5) is 17.5 Å². The second kappa shape index (κ2) is 10.1. The van der Waals surface area contributed by atoms with Crippen LogP contribution in [0.2, 0.25) is 0 Å². The van der Waals surface area contributed by atoms with Crippen LogP contribution in [0.25, 0.3) is 0 Å². The van der Waals surface area contributed by atoms with Crippen molar-refractivity contribution in [3.8, 4) is 0 Å². The lowest BCUT2D eigenvalue weighted by atomic mass is 10.1. The summed E-state index contributed by atoms with van der Waals surface area (Å²) >= 11 is 1.44. The zero-order chi connectivity index (χ0) is 23.4. The van der Waals surface area contributed by atoms with Gasteiger partial charge in [0.1, 0.15) is 0 Å². The summed E-state index contributed by atoms with van der Waals surface area (Å²) in [4.78, 5) is 32.6. The van der Waals surface area contributed by atoms with Gasteiger partial charge in [0.25, 0.3) is 5.91 Å². The van der Waals surface area contributed by atoms with E-state index in [0.29, 0.717) is 41.8 Å². The van der Waals surface area contributed by atoms with E-state index in [1.165, 1.54) is 11.3 Å². The molecule has 0 saturated carbocycles. The van der Waals surface area contributed by atoms with Gasteiger partial charge in [-0.3, -0.25) is 14.2 Å². The third kappa shape index (κ3) is 5.01. The number of nitrogens with two attached hydrogens (primary N) is 2. The number of hydrogen-bond acceptors (Lipinski definition) is 8. The van der Waals surface area contributed by atoms with Crippen molar-refractivity contribution >= 4 is 40.5 Å². The van der Waals surface area contributed by atoms with Gasteiger partial charge in [-0.1, -0.05) is 18.2 Å². The van der Waals surface area contributed by atoms with Gasteiger partial charge in [0, 0.05) is 42.8 Å². The number of hydrogen-bond donors (Lipinski definition) is 4. The molecule has 1 fully saturated rings. The molecule has 9 nitrogen and oxygen atoms in total. The molecule has 0 unspecified atom stereocenters. The predicted molar refractivity (Wildman–Crippen MR) is 132 cm³/mol. The van der Waals surface area contributed by atoms with Crippen LogP contribution in [0.5, 0.6) is 0 Å². The summed E-state index contributed by atoms with van der Waals surface area (Å²) < 4.78 is 1.86. The number of imidazole rings is 1. The van der Waals surface area contributed by atoms with Gasteiger partial charge in [-0.15, -0.1) is 0 Å². The van der Waals surface area contributed by atoms with Crippen molar-refractivity contribution in [2.45, 2.75) is 25.4 Å². The van der Waals surface area contributed by atoms with Crippen LogP contribution in [-0.2, 0) is 6.54 Å². The Bertz CT molecular complexity index is 1130. The number of piperidine rings is 1. The number of nitrogens with zero attached hydrogens (tertiary/aromatic N) is 3. The fourth-order valence-corrected chi connectivity index (χ4v) is 4.71. The molecule has 10 heteroatoms. The first-order chi connectivity index (χ1) is 16.0. The van der Waals surface area contributed by atoms with E-state index in [0.717, 1.165) is 24.9 Å². The summed E-state index contributed by atoms with van der Waals surface area (Å²) in [7, 11) is 1.72. The molecule has 1 amide bonds. The fraction of sp³-hybridized carbons (Fsp3) is 0.348. The molecule has 0 bridgehead atoms. The van der Waals surface area contributed by atoms with Crippen LogP contribution >= 0.6 is 11.3 Å². The molecule has 3 aromatic rings. The summed E-state index contributed by atoms with van der Waals surface area (Å²) in [6.45, 7) is 1.73. The maximum Gasteiger partial charge on any atom is 0.272 e. The highest BCUT2D eigenvalue weighted by Crippen LogP contribution is 2.28. The summed E-state index contributed by atoms with van der Waals surface area (Å²) in [6, 6.07) is 9.35. The Morgan fingerprint density at radius 1 is 1.27 bits per heavy atom. The summed E-state index contributed by atoms with van der Waals surface area (Å²) in [5.74, 6) is 0.583. The van der Waals surface area contributed by atoms with E-state index < -0.39 is 0 Å². The van der Waals surface area contributed by atoms with Gasteiger partial charge in [-0.05, 0) is 35.9 Å². The van der Waals surface area contributed by atoms with Crippen LogP contribution < -0.4 is 27.0 Å². The molecule has 0 aliphatic carbocycles. The predicted octanol–water partition coefficient (Wildman–Crippen LogP) is 2.16. The molecule has 6 N–H and O–H groups in total. The molecule has 1 aliphatic heterocycles. The van der Waals surface area contributed by atoms with Crippen LogP contribution in [0.3, 0.4) is 0 Å². The summed E-state index contributed by atoms with van der Waals surface area (Å²) in [5, 5.41) is 9.41. The van der Waals surface area contributed by atoms with Gasteiger partial charge in [0.2, 0.25) is 5.95 Å². The lowest BCUT2D eigenvalue weighted by molar-refractivity contribution is 0.0899. The fourth-order valence-electron chi connectivity index (χ4n) is 4.05. The lowest BCUT2D eigenvalue weighted by Crippen LogP contribution is -2.44. The number of rotatable bonds is 8. The number of amides is 1. The number of thiophene rings is 1. The number of Topliss-reactive ketones (excluding diaryl/α,β-unsaturated/α-hetero) is 1. The Labute approximate surface area is 196 Å². The molecule has 4 rings (SSSR count). The topological polar surface area (TPSA) is 131 Å². The Morgan fingerprint density at radius 3 is 2.79 bits per heavy atom. The second-order valence-corrected chi connectivity index (χ2v) is 8.89. The smallest absolute Gasteiger partial charge is 0.272 e. The SMILES string of the molecule is CNc1nc(N2CCC[C@@H](N)C2)n(Cc2ccccc2N)c1C(=O)NCC(=O)c1ccsc1. The van der Waals surface area contributed by atoms with Crippen LogP contribution in [0, 0.1) is 0 Å². The van der Waals surface area contributed by atoms with Gasteiger partial charge in [0.15, 0.2) is 17.3 Å². The molecule has 33 heavy (non-hydrogen) atoms. The number of carbonyl (C=O) groups excluding carboxylic acids is 2. The largest absolute Gasteiger partial charge is 0.398 e. The molecule has 3 heterocycles. The normalized spacial score (nSPS) is 15.9. The minimum Gasteiger partial charge on any atom is -0.398 e. The lowest BCUT2D eigenvalue weighted by Gasteiger charge is -2.32. The standard InChI is InChI=1S/C23H29N7O2S/c1-26-21-20(22(32)27-11-19(31)16-8-10-33-14-16)30(12-15-5-2-3-7-18(15)25)23(28-21)29-9-4-6-17(24)13-29/h2-3,5,7-8,10,14,17,26H,4,6,9,11-13,24-25H2,1H3,(H,27,32)/t17-/m1/s1. The van der Waals surface area contributed by atoms with E-state index in [9.17, 15) is 9.59 Å². The van der Waals surface area contributed by atoms with Crippen LogP contribution in [-0.4, -0.2) is 54.0 Å². The number of benzene rings is 1. The van der Waals surface area contributed by atoms with Crippen LogP contribution in [0.1, 0.15) is 39.3 Å². The quantitative estimate of drug-likeness (QED) is 0.295. The third-order valence-corrected chi connectivity index (χ3v) is 6.46. The highest BCUT2D eigenvalue weighted by molar-refractivity contribution is 7.08. The first kappa shape index (κ1) is 22.8. The summed E-state index contributed by atoms with van der Waals surface area (Å²) in [5.41, 5.74) is 14.9. The van der Waals surface area contributed by atoms with Crippen molar-refractivity contribution in [1.82, 2.24) is 14.9 Å². The van der Waals surface area contributed by atoms with Gasteiger partial charge < -0.3 is 27.0 Å². The zero-order valence-corrected chi connectivity index (χ0v) is 19.4. The number of nitrogen functional groups attached to an aromatic ring is 1. The third-order valence-electron chi connectivity index (χ3n) is 5.78. The van der Waals surface area contributed by atoms with Crippen molar-refractivity contribution in [3.05, 3.63) is 57.9 Å². The molecule has 1 atom stereocenters. The van der Waals surface area contributed by atoms with Crippen LogP contribution in [0.15, 0.2) is 41.1 Å². The van der Waals surface area contributed by atoms with E-state index in [-0.39, 0.29) is 24.3 Å². The van der Waals surface area contributed by atoms with E-state index in [1.54, 1.807) is 18.5 Å². The number of ketones is 1. The number of nitrogens with one attached hydrogen (secondary N) is 2. The molecule has 1 aromatic carbocycles. The molecule has 0 radical (unpaired) electrons. The first-order valence-corrected chi connectivity index (χ1v) is 11.9. The van der Waals surface area contributed by atoms with Crippen molar-refractivity contribution < 1.29 is 9.59 Å². The summed E-state index contributed by atoms with van der Waals surface area (Å²) in [6.07, 6.45) is 1.91. The molecular weight excluding hydrogens is 438 g/mol. The van der Waals surface area contributed by atoms with Gasteiger partial charge in [-0.2, -0.15) is 16.3 Å².